The maximum absolute atomic E-state index is 13.5. The summed E-state index contributed by atoms with van der Waals surface area (Å²) in [6.07, 6.45) is 0.382. The first-order valence-corrected chi connectivity index (χ1v) is 13.3. The Kier molecular flexibility index (Phi) is 7.69. The van der Waals surface area contributed by atoms with Crippen molar-refractivity contribution in [3.05, 3.63) is 99.6 Å². The number of amidine groups is 2. The third-order valence-electron chi connectivity index (χ3n) is 6.35. The van der Waals surface area contributed by atoms with Gasteiger partial charge < -0.3 is 10.1 Å². The third-order valence-corrected chi connectivity index (χ3v) is 7.36. The van der Waals surface area contributed by atoms with E-state index in [0.29, 0.717) is 34.7 Å². The predicted molar refractivity (Wildman–Crippen MR) is 149 cm³/mol. The van der Waals surface area contributed by atoms with E-state index in [1.807, 2.05) is 48.5 Å². The molecular formula is C28H25N5O5S. The monoisotopic (exact) mass is 543 g/mol. The van der Waals surface area contributed by atoms with Crippen LogP contribution in [-0.4, -0.2) is 45.8 Å². The summed E-state index contributed by atoms with van der Waals surface area (Å²) in [6.45, 7) is 0.320. The molecule has 0 saturated heterocycles. The lowest BCUT2D eigenvalue weighted by Gasteiger charge is -2.25. The van der Waals surface area contributed by atoms with Gasteiger partial charge in [0.2, 0.25) is 5.91 Å². The molecule has 0 spiro atoms. The second-order valence-electron chi connectivity index (χ2n) is 8.90. The van der Waals surface area contributed by atoms with E-state index in [9.17, 15) is 19.7 Å². The number of carbonyl (C=O) groups excluding carboxylic acids is 2. The molecule has 2 aliphatic rings. The van der Waals surface area contributed by atoms with Crippen molar-refractivity contribution >= 4 is 46.0 Å². The van der Waals surface area contributed by atoms with Crippen LogP contribution >= 0.6 is 11.8 Å². The molecular weight excluding hydrogens is 518 g/mol. The summed E-state index contributed by atoms with van der Waals surface area (Å²) in [5.74, 6) is 1.15. The highest BCUT2D eigenvalue weighted by molar-refractivity contribution is 8.13. The van der Waals surface area contributed by atoms with E-state index in [-0.39, 0.29) is 30.3 Å². The second-order valence-corrected chi connectivity index (χ2v) is 9.84. The van der Waals surface area contributed by atoms with Crippen LogP contribution < -0.4 is 10.1 Å². The van der Waals surface area contributed by atoms with Crippen molar-refractivity contribution in [3.8, 4) is 5.75 Å². The number of para-hydroxylation sites is 2. The minimum Gasteiger partial charge on any atom is -0.496 e. The van der Waals surface area contributed by atoms with Gasteiger partial charge in [0.25, 0.3) is 11.6 Å². The van der Waals surface area contributed by atoms with Gasteiger partial charge in [-0.1, -0.05) is 54.2 Å². The molecule has 11 heteroatoms. The minimum atomic E-state index is -0.716. The highest BCUT2D eigenvalue weighted by Crippen LogP contribution is 2.35. The van der Waals surface area contributed by atoms with Crippen LogP contribution in [0, 0.1) is 10.1 Å². The fourth-order valence-electron chi connectivity index (χ4n) is 4.39. The van der Waals surface area contributed by atoms with Crippen LogP contribution in [0.5, 0.6) is 5.75 Å². The SMILES string of the molecule is COc1ccccc1CNC(=O)CCC1N=C2c3ccccc3N=C(SCc3cccc([N+](=O)[O-])c3)N2C1=O. The van der Waals surface area contributed by atoms with Crippen LogP contribution in [0.15, 0.2) is 82.8 Å². The number of methoxy groups -OCH3 is 1. The molecule has 0 aliphatic carbocycles. The number of nitrogens with zero attached hydrogens (tertiary/aromatic N) is 4. The number of rotatable bonds is 9. The first kappa shape index (κ1) is 26.1. The summed E-state index contributed by atoms with van der Waals surface area (Å²) in [4.78, 5) is 47.7. The number of hydrogen-bond donors (Lipinski definition) is 1. The fraction of sp³-hybridized carbons (Fsp3) is 0.214. The zero-order valence-electron chi connectivity index (χ0n) is 21.1. The number of aliphatic imine (C=N–C) groups is 2. The van der Waals surface area contributed by atoms with Crippen molar-refractivity contribution in [3.63, 3.8) is 0 Å². The number of non-ortho nitro benzene ring substituents is 1. The number of carbonyl (C=O) groups is 2. The van der Waals surface area contributed by atoms with Gasteiger partial charge in [-0.05, 0) is 30.2 Å². The summed E-state index contributed by atoms with van der Waals surface area (Å²) in [6, 6.07) is 20.6. The number of nitrogens with one attached hydrogen (secondary N) is 1. The smallest absolute Gasteiger partial charge is 0.269 e. The maximum atomic E-state index is 13.5. The first-order chi connectivity index (χ1) is 18.9. The molecule has 3 aromatic rings. The minimum absolute atomic E-state index is 0.00702. The average molecular weight is 544 g/mol. The Bertz CT molecular complexity index is 1500. The molecule has 2 heterocycles. The molecule has 0 aromatic heterocycles. The predicted octanol–water partition coefficient (Wildman–Crippen LogP) is 4.59. The van der Waals surface area contributed by atoms with Crippen molar-refractivity contribution in [1.29, 1.82) is 0 Å². The Balaban J connectivity index is 1.28. The largest absolute Gasteiger partial charge is 0.496 e. The summed E-state index contributed by atoms with van der Waals surface area (Å²) in [5, 5.41) is 14.5. The molecule has 1 atom stereocenters. The summed E-state index contributed by atoms with van der Waals surface area (Å²) in [7, 11) is 1.58. The molecule has 10 nitrogen and oxygen atoms in total. The Morgan fingerprint density at radius 2 is 1.92 bits per heavy atom. The number of nitro groups is 1. The highest BCUT2D eigenvalue weighted by atomic mass is 32.2. The molecule has 198 valence electrons. The first-order valence-electron chi connectivity index (χ1n) is 12.3. The molecule has 1 N–H and O–H groups in total. The number of thioether (sulfide) groups is 1. The third kappa shape index (κ3) is 5.68. The van der Waals surface area contributed by atoms with Crippen molar-refractivity contribution < 1.29 is 19.2 Å². The lowest BCUT2D eigenvalue weighted by atomic mass is 10.1. The Morgan fingerprint density at radius 1 is 1.13 bits per heavy atom. The molecule has 0 fully saturated rings. The lowest BCUT2D eigenvalue weighted by Crippen LogP contribution is -2.41. The van der Waals surface area contributed by atoms with E-state index in [4.69, 9.17) is 14.7 Å². The zero-order chi connectivity index (χ0) is 27.4. The van der Waals surface area contributed by atoms with Crippen molar-refractivity contribution in [2.45, 2.75) is 31.2 Å². The number of nitro benzene ring substituents is 1. The van der Waals surface area contributed by atoms with E-state index in [1.54, 1.807) is 19.2 Å². The Hall–Kier alpha value is -4.51. The highest BCUT2D eigenvalue weighted by Gasteiger charge is 2.41. The summed E-state index contributed by atoms with van der Waals surface area (Å²) < 4.78 is 5.33. The standard InChI is InChI=1S/C28H25N5O5S/c1-38-24-12-5-2-8-19(24)16-29-25(34)14-13-23-27(35)32-26(30-23)21-10-3-4-11-22(21)31-28(32)39-17-18-7-6-9-20(15-18)33(36)37/h2-12,15,23H,13-14,16-17H2,1H3,(H,29,34). The Labute approximate surface area is 228 Å². The topological polar surface area (TPSA) is 126 Å². The number of amides is 2. The zero-order valence-corrected chi connectivity index (χ0v) is 21.9. The molecule has 2 aliphatic heterocycles. The molecule has 0 bridgehead atoms. The van der Waals surface area contributed by atoms with Gasteiger partial charge in [0.15, 0.2) is 5.17 Å². The van der Waals surface area contributed by atoms with Gasteiger partial charge in [-0.2, -0.15) is 0 Å². The Morgan fingerprint density at radius 3 is 2.74 bits per heavy atom. The molecule has 39 heavy (non-hydrogen) atoms. The van der Waals surface area contributed by atoms with Crippen LogP contribution in [-0.2, 0) is 21.9 Å². The van der Waals surface area contributed by atoms with Crippen molar-refractivity contribution in [2.24, 2.45) is 9.98 Å². The van der Waals surface area contributed by atoms with Gasteiger partial charge in [0.1, 0.15) is 17.6 Å². The number of hydrogen-bond acceptors (Lipinski definition) is 8. The number of fused-ring (bicyclic) bond motifs is 3. The second kappa shape index (κ2) is 11.5. The van der Waals surface area contributed by atoms with E-state index in [0.717, 1.165) is 16.7 Å². The average Bonchev–Trinajstić information content (AvgIpc) is 3.30. The number of benzene rings is 3. The van der Waals surface area contributed by atoms with Gasteiger partial charge in [0.05, 0.1) is 17.7 Å². The van der Waals surface area contributed by atoms with Crippen LogP contribution in [0.25, 0.3) is 0 Å². The van der Waals surface area contributed by atoms with Crippen molar-refractivity contribution in [1.82, 2.24) is 10.2 Å². The van der Waals surface area contributed by atoms with Gasteiger partial charge in [-0.25, -0.2) is 9.89 Å². The maximum Gasteiger partial charge on any atom is 0.269 e. The summed E-state index contributed by atoms with van der Waals surface area (Å²) >= 11 is 1.31. The van der Waals surface area contributed by atoms with E-state index in [2.05, 4.69) is 5.32 Å². The molecule has 0 radical (unpaired) electrons. The van der Waals surface area contributed by atoms with Gasteiger partial charge in [0, 0.05) is 42.0 Å². The molecule has 5 rings (SSSR count). The molecule has 2 amide bonds. The summed E-state index contributed by atoms with van der Waals surface area (Å²) in [5.41, 5.74) is 3.04. The van der Waals surface area contributed by atoms with Crippen LogP contribution in [0.4, 0.5) is 11.4 Å². The van der Waals surface area contributed by atoms with Crippen LogP contribution in [0.1, 0.15) is 29.5 Å². The quantitative estimate of drug-likeness (QED) is 0.311. The number of ether oxygens (including phenoxy) is 1. The van der Waals surface area contributed by atoms with Crippen LogP contribution in [0.2, 0.25) is 0 Å². The van der Waals surface area contributed by atoms with E-state index < -0.39 is 11.0 Å². The molecule has 3 aromatic carbocycles. The lowest BCUT2D eigenvalue weighted by molar-refractivity contribution is -0.384. The normalized spacial score (nSPS) is 15.7. The van der Waals surface area contributed by atoms with E-state index in [1.165, 1.54) is 28.8 Å². The van der Waals surface area contributed by atoms with Gasteiger partial charge in [-0.3, -0.25) is 24.7 Å². The molecule has 0 saturated carbocycles. The van der Waals surface area contributed by atoms with E-state index >= 15 is 0 Å². The molecule has 1 unspecified atom stereocenters. The fourth-order valence-corrected chi connectivity index (χ4v) is 5.34. The van der Waals surface area contributed by atoms with Crippen molar-refractivity contribution in [2.75, 3.05) is 7.11 Å². The van der Waals surface area contributed by atoms with Gasteiger partial charge in [-0.15, -0.1) is 0 Å². The van der Waals surface area contributed by atoms with Gasteiger partial charge >= 0.3 is 0 Å². The van der Waals surface area contributed by atoms with Crippen LogP contribution in [0.3, 0.4) is 0 Å².